The van der Waals surface area contributed by atoms with E-state index in [9.17, 15) is 14.4 Å². The molecule has 2 N–H and O–H groups in total. The molecule has 0 saturated heterocycles. The van der Waals surface area contributed by atoms with E-state index in [1.54, 1.807) is 13.8 Å². The molecule has 2 amide bonds. The zero-order valence-electron chi connectivity index (χ0n) is 10.8. The second-order valence-electron chi connectivity index (χ2n) is 3.78. The van der Waals surface area contributed by atoms with Gasteiger partial charge in [0, 0.05) is 19.2 Å². The molecule has 0 aliphatic carbocycles. The first kappa shape index (κ1) is 14.7. The number of likely N-dealkylation sites (N-methyl/N-ethyl adjacent to an activating group) is 2. The van der Waals surface area contributed by atoms with Crippen molar-refractivity contribution in [2.45, 2.75) is 13.8 Å². The molecule has 0 radical (unpaired) electrons. The van der Waals surface area contributed by atoms with Gasteiger partial charge in [-0.15, -0.1) is 0 Å². The second kappa shape index (κ2) is 6.58. The summed E-state index contributed by atoms with van der Waals surface area (Å²) < 4.78 is 4.91. The summed E-state index contributed by atoms with van der Waals surface area (Å²) in [6, 6.07) is 1.14. The van der Waals surface area contributed by atoms with E-state index in [2.05, 4.69) is 5.32 Å². The summed E-state index contributed by atoms with van der Waals surface area (Å²) >= 11 is 0. The molecule has 0 atom stereocenters. The summed E-state index contributed by atoms with van der Waals surface area (Å²) in [6.07, 6.45) is 0.996. The minimum Gasteiger partial charge on any atom is -0.478 e. The first-order chi connectivity index (χ1) is 8.99. The fraction of sp³-hybridized carbons (Fsp3) is 0.417. The molecular formula is C12H16N2O5. The Balaban J connectivity index is 2.77. The maximum absolute atomic E-state index is 12.0. The monoisotopic (exact) mass is 268 g/mol. The third kappa shape index (κ3) is 3.84. The van der Waals surface area contributed by atoms with Gasteiger partial charge >= 0.3 is 5.97 Å². The van der Waals surface area contributed by atoms with Crippen molar-refractivity contribution in [3.63, 3.8) is 0 Å². The van der Waals surface area contributed by atoms with Crippen molar-refractivity contribution in [2.75, 3.05) is 19.6 Å². The van der Waals surface area contributed by atoms with Crippen LogP contribution >= 0.6 is 0 Å². The van der Waals surface area contributed by atoms with E-state index in [0.29, 0.717) is 13.1 Å². The number of nitrogens with zero attached hydrogens (tertiary/aromatic N) is 1. The Bertz CT molecular complexity index is 480. The van der Waals surface area contributed by atoms with E-state index in [0.717, 1.165) is 12.3 Å². The first-order valence-corrected chi connectivity index (χ1v) is 5.87. The van der Waals surface area contributed by atoms with Gasteiger partial charge in [-0.25, -0.2) is 4.79 Å². The quantitative estimate of drug-likeness (QED) is 0.786. The lowest BCUT2D eigenvalue weighted by Crippen LogP contribution is -2.40. The molecule has 1 rings (SSSR count). The number of carbonyl (C=O) groups is 3. The van der Waals surface area contributed by atoms with Gasteiger partial charge in [-0.1, -0.05) is 0 Å². The molecule has 7 nitrogen and oxygen atoms in total. The van der Waals surface area contributed by atoms with E-state index < -0.39 is 11.9 Å². The highest BCUT2D eigenvalue weighted by atomic mass is 16.4. The third-order valence-electron chi connectivity index (χ3n) is 2.43. The fourth-order valence-electron chi connectivity index (χ4n) is 1.47. The Morgan fingerprint density at radius 1 is 1.37 bits per heavy atom. The smallest absolute Gasteiger partial charge is 0.338 e. The van der Waals surface area contributed by atoms with E-state index in [-0.39, 0.29) is 23.8 Å². The molecule has 0 bridgehead atoms. The molecule has 1 aromatic rings. The number of rotatable bonds is 6. The molecule has 0 spiro atoms. The molecule has 0 unspecified atom stereocenters. The zero-order valence-corrected chi connectivity index (χ0v) is 10.8. The lowest BCUT2D eigenvalue weighted by atomic mass is 10.3. The Hall–Kier alpha value is -2.31. The van der Waals surface area contributed by atoms with Gasteiger partial charge in [0.25, 0.3) is 5.91 Å². The summed E-state index contributed by atoms with van der Waals surface area (Å²) in [6.45, 7) is 4.21. The van der Waals surface area contributed by atoms with Gasteiger partial charge in [0.1, 0.15) is 6.26 Å². The lowest BCUT2D eigenvalue weighted by Gasteiger charge is -2.18. The average Bonchev–Trinajstić information content (AvgIpc) is 2.85. The highest BCUT2D eigenvalue weighted by molar-refractivity contribution is 5.97. The van der Waals surface area contributed by atoms with E-state index in [1.165, 1.54) is 4.90 Å². The maximum atomic E-state index is 12.0. The summed E-state index contributed by atoms with van der Waals surface area (Å²) in [5.74, 6) is -2.05. The van der Waals surface area contributed by atoms with Crippen molar-refractivity contribution in [1.29, 1.82) is 0 Å². The maximum Gasteiger partial charge on any atom is 0.338 e. The molecule has 0 fully saturated rings. The van der Waals surface area contributed by atoms with Crippen LogP contribution in [0.2, 0.25) is 0 Å². The number of amides is 2. The van der Waals surface area contributed by atoms with Gasteiger partial charge in [-0.3, -0.25) is 9.59 Å². The van der Waals surface area contributed by atoms with E-state index in [4.69, 9.17) is 9.52 Å². The van der Waals surface area contributed by atoms with Gasteiger partial charge in [0.15, 0.2) is 5.76 Å². The Labute approximate surface area is 110 Å². The first-order valence-electron chi connectivity index (χ1n) is 5.87. The van der Waals surface area contributed by atoms with Crippen LogP contribution in [0.25, 0.3) is 0 Å². The molecule has 0 aliphatic rings. The van der Waals surface area contributed by atoms with Crippen molar-refractivity contribution >= 4 is 17.8 Å². The number of carboxylic acid groups (broad SMARTS) is 1. The minimum absolute atomic E-state index is 0.0910. The molecule has 7 heteroatoms. The highest BCUT2D eigenvalue weighted by Gasteiger charge is 2.21. The molecule has 1 aromatic heterocycles. The molecule has 19 heavy (non-hydrogen) atoms. The number of hydrogen-bond donors (Lipinski definition) is 2. The lowest BCUT2D eigenvalue weighted by molar-refractivity contribution is -0.121. The van der Waals surface area contributed by atoms with Crippen molar-refractivity contribution in [1.82, 2.24) is 10.2 Å². The fourth-order valence-corrected chi connectivity index (χ4v) is 1.47. The second-order valence-corrected chi connectivity index (χ2v) is 3.78. The Kier molecular flexibility index (Phi) is 5.11. The molecule has 0 saturated carbocycles. The molecule has 0 aliphatic heterocycles. The van der Waals surface area contributed by atoms with E-state index in [1.807, 2.05) is 0 Å². The van der Waals surface area contributed by atoms with Gasteiger partial charge < -0.3 is 19.7 Å². The van der Waals surface area contributed by atoms with Crippen molar-refractivity contribution in [2.24, 2.45) is 0 Å². The van der Waals surface area contributed by atoms with Crippen molar-refractivity contribution in [3.05, 3.63) is 23.7 Å². The van der Waals surface area contributed by atoms with Crippen LogP contribution < -0.4 is 5.32 Å². The standard InChI is InChI=1S/C12H16N2O5/c1-3-13-10(15)6-14(4-2)11(16)9-5-8(7-19-9)12(17)18/h5,7H,3-4,6H2,1-2H3,(H,13,15)(H,17,18). The molecular weight excluding hydrogens is 252 g/mol. The SMILES string of the molecule is CCNC(=O)CN(CC)C(=O)c1cc(C(=O)O)co1. The van der Waals surface area contributed by atoms with E-state index >= 15 is 0 Å². The summed E-state index contributed by atoms with van der Waals surface area (Å²) in [5.41, 5.74) is -0.0996. The molecule has 0 aromatic carbocycles. The largest absolute Gasteiger partial charge is 0.478 e. The van der Waals surface area contributed by atoms with Gasteiger partial charge in [-0.2, -0.15) is 0 Å². The van der Waals surface area contributed by atoms with Crippen LogP contribution in [0.3, 0.4) is 0 Å². The van der Waals surface area contributed by atoms with Crippen LogP contribution in [-0.2, 0) is 4.79 Å². The number of nitrogens with one attached hydrogen (secondary N) is 1. The Morgan fingerprint density at radius 3 is 2.53 bits per heavy atom. The highest BCUT2D eigenvalue weighted by Crippen LogP contribution is 2.10. The topological polar surface area (TPSA) is 99.9 Å². The van der Waals surface area contributed by atoms with Gasteiger partial charge in [0.2, 0.25) is 5.91 Å². The predicted octanol–water partition coefficient (Wildman–Crippen LogP) is 0.576. The summed E-state index contributed by atoms with van der Waals surface area (Å²) in [5, 5.41) is 11.3. The minimum atomic E-state index is -1.17. The van der Waals surface area contributed by atoms with Crippen molar-refractivity contribution < 1.29 is 23.9 Å². The summed E-state index contributed by atoms with van der Waals surface area (Å²) in [4.78, 5) is 35.4. The molecule has 104 valence electrons. The number of furan rings is 1. The van der Waals surface area contributed by atoms with Crippen LogP contribution in [0.15, 0.2) is 16.7 Å². The summed E-state index contributed by atoms with van der Waals surface area (Å²) in [7, 11) is 0. The van der Waals surface area contributed by atoms with Crippen molar-refractivity contribution in [3.8, 4) is 0 Å². The Morgan fingerprint density at radius 2 is 2.05 bits per heavy atom. The van der Waals surface area contributed by atoms with Crippen LogP contribution in [-0.4, -0.2) is 47.4 Å². The number of aromatic carboxylic acids is 1. The third-order valence-corrected chi connectivity index (χ3v) is 2.43. The van der Waals surface area contributed by atoms with Crippen LogP contribution in [0, 0.1) is 0 Å². The van der Waals surface area contributed by atoms with Crippen LogP contribution in [0.4, 0.5) is 0 Å². The normalized spacial score (nSPS) is 10.0. The molecule has 1 heterocycles. The number of carbonyl (C=O) groups excluding carboxylic acids is 2. The van der Waals surface area contributed by atoms with Crippen LogP contribution in [0.5, 0.6) is 0 Å². The number of carboxylic acids is 1. The van der Waals surface area contributed by atoms with Crippen LogP contribution in [0.1, 0.15) is 34.8 Å². The van der Waals surface area contributed by atoms with Gasteiger partial charge in [-0.05, 0) is 13.8 Å². The average molecular weight is 268 g/mol. The predicted molar refractivity (Wildman–Crippen MR) is 65.9 cm³/mol. The zero-order chi connectivity index (χ0) is 14.4. The number of hydrogen-bond acceptors (Lipinski definition) is 4. The van der Waals surface area contributed by atoms with Gasteiger partial charge in [0.05, 0.1) is 12.1 Å².